The van der Waals surface area contributed by atoms with Crippen LogP contribution in [-0.2, 0) is 20.8 Å². The predicted octanol–water partition coefficient (Wildman–Crippen LogP) is 2.54. The Labute approximate surface area is 147 Å². The number of para-hydroxylation sites is 1. The molecule has 0 bridgehead atoms. The number of nitrogens with zero attached hydrogens (tertiary/aromatic N) is 2. The Morgan fingerprint density at radius 1 is 1.12 bits per heavy atom. The molecule has 4 rings (SSSR count). The quantitative estimate of drug-likeness (QED) is 0.779. The largest absolute Gasteiger partial charge is 0.311 e. The standard InChI is InChI=1S/C20H22N2O3/c1-21-17(23)12-16(20(21)25)15-9-5-8-13-10-11-22(18(13)15)19(24)14-6-3-2-4-7-14/h5,8-9,12,14H,2-4,6-7,10-11H2,1H3. The summed E-state index contributed by atoms with van der Waals surface area (Å²) in [5.74, 6) is -0.335. The Morgan fingerprint density at radius 2 is 1.88 bits per heavy atom. The third kappa shape index (κ3) is 2.58. The fourth-order valence-electron chi connectivity index (χ4n) is 4.22. The third-order valence-electron chi connectivity index (χ3n) is 5.64. The number of hydrogen-bond donors (Lipinski definition) is 0. The van der Waals surface area contributed by atoms with E-state index in [4.69, 9.17) is 0 Å². The maximum absolute atomic E-state index is 13.1. The SMILES string of the molecule is CN1C(=O)C=C(c2cccc3c2N(C(=O)C2CCCCC2)CC3)C1=O. The number of imide groups is 1. The molecule has 0 unspecified atom stereocenters. The molecule has 1 aromatic carbocycles. The van der Waals surface area contributed by atoms with Gasteiger partial charge < -0.3 is 4.90 Å². The van der Waals surface area contributed by atoms with Crippen molar-refractivity contribution in [3.8, 4) is 0 Å². The van der Waals surface area contributed by atoms with Crippen LogP contribution in [0.2, 0.25) is 0 Å². The summed E-state index contributed by atoms with van der Waals surface area (Å²) in [6.07, 6.45) is 7.53. The Balaban J connectivity index is 1.72. The van der Waals surface area contributed by atoms with E-state index in [-0.39, 0.29) is 23.6 Å². The van der Waals surface area contributed by atoms with Crippen molar-refractivity contribution < 1.29 is 14.4 Å². The maximum Gasteiger partial charge on any atom is 0.261 e. The van der Waals surface area contributed by atoms with Gasteiger partial charge in [0.05, 0.1) is 11.3 Å². The average molecular weight is 338 g/mol. The molecule has 0 saturated heterocycles. The second-order valence-electron chi connectivity index (χ2n) is 7.15. The van der Waals surface area contributed by atoms with Crippen LogP contribution in [-0.4, -0.2) is 36.2 Å². The Morgan fingerprint density at radius 3 is 2.56 bits per heavy atom. The number of benzene rings is 1. The molecule has 1 aromatic rings. The molecule has 0 spiro atoms. The van der Waals surface area contributed by atoms with Gasteiger partial charge in [-0.3, -0.25) is 19.3 Å². The summed E-state index contributed by atoms with van der Waals surface area (Å²) in [6.45, 7) is 0.660. The normalized spacial score (nSPS) is 20.9. The molecular weight excluding hydrogens is 316 g/mol. The van der Waals surface area contributed by atoms with Crippen molar-refractivity contribution in [1.82, 2.24) is 4.90 Å². The highest BCUT2D eigenvalue weighted by Gasteiger charge is 2.36. The highest BCUT2D eigenvalue weighted by Crippen LogP contribution is 2.39. The Kier molecular flexibility index (Phi) is 3.94. The van der Waals surface area contributed by atoms with E-state index >= 15 is 0 Å². The molecule has 0 radical (unpaired) electrons. The number of amides is 3. The zero-order valence-corrected chi connectivity index (χ0v) is 14.5. The van der Waals surface area contributed by atoms with Crippen LogP contribution in [0.5, 0.6) is 0 Å². The van der Waals surface area contributed by atoms with E-state index in [1.54, 1.807) is 0 Å². The zero-order chi connectivity index (χ0) is 17.6. The molecule has 0 aromatic heterocycles. The summed E-state index contributed by atoms with van der Waals surface area (Å²) >= 11 is 0. The summed E-state index contributed by atoms with van der Waals surface area (Å²) < 4.78 is 0. The van der Waals surface area contributed by atoms with Gasteiger partial charge >= 0.3 is 0 Å². The number of likely N-dealkylation sites (N-methyl/N-ethyl adjacent to an activating group) is 1. The van der Waals surface area contributed by atoms with Gasteiger partial charge in [-0.25, -0.2) is 0 Å². The van der Waals surface area contributed by atoms with Gasteiger partial charge in [-0.1, -0.05) is 37.5 Å². The van der Waals surface area contributed by atoms with E-state index < -0.39 is 0 Å². The minimum absolute atomic E-state index is 0.0883. The van der Waals surface area contributed by atoms with Gasteiger partial charge in [-0.2, -0.15) is 0 Å². The van der Waals surface area contributed by atoms with E-state index in [9.17, 15) is 14.4 Å². The highest BCUT2D eigenvalue weighted by molar-refractivity contribution is 6.34. The molecule has 25 heavy (non-hydrogen) atoms. The molecule has 130 valence electrons. The van der Waals surface area contributed by atoms with Crippen molar-refractivity contribution in [2.75, 3.05) is 18.5 Å². The summed E-state index contributed by atoms with van der Waals surface area (Å²) in [6, 6.07) is 5.76. The zero-order valence-electron chi connectivity index (χ0n) is 14.5. The molecule has 1 saturated carbocycles. The van der Waals surface area contributed by atoms with Crippen molar-refractivity contribution in [1.29, 1.82) is 0 Å². The first-order valence-corrected chi connectivity index (χ1v) is 9.05. The minimum atomic E-state index is -0.305. The molecule has 3 aliphatic rings. The number of rotatable bonds is 2. The molecule has 0 atom stereocenters. The van der Waals surface area contributed by atoms with Crippen LogP contribution in [0.1, 0.15) is 43.2 Å². The second-order valence-corrected chi connectivity index (χ2v) is 7.15. The van der Waals surface area contributed by atoms with Gasteiger partial charge in [-0.15, -0.1) is 0 Å². The fraction of sp³-hybridized carbons (Fsp3) is 0.450. The monoisotopic (exact) mass is 338 g/mol. The van der Waals surface area contributed by atoms with Crippen molar-refractivity contribution in [3.63, 3.8) is 0 Å². The van der Waals surface area contributed by atoms with Crippen LogP contribution in [0.15, 0.2) is 24.3 Å². The van der Waals surface area contributed by atoms with Crippen LogP contribution in [0.3, 0.4) is 0 Å². The van der Waals surface area contributed by atoms with Crippen molar-refractivity contribution >= 4 is 29.0 Å². The molecule has 5 heteroatoms. The van der Waals surface area contributed by atoms with E-state index in [0.29, 0.717) is 17.7 Å². The molecule has 0 N–H and O–H groups in total. The predicted molar refractivity (Wildman–Crippen MR) is 94.8 cm³/mol. The van der Waals surface area contributed by atoms with Crippen LogP contribution >= 0.6 is 0 Å². The van der Waals surface area contributed by atoms with E-state index in [2.05, 4.69) is 0 Å². The topological polar surface area (TPSA) is 57.7 Å². The van der Waals surface area contributed by atoms with Gasteiger partial charge in [0.2, 0.25) is 5.91 Å². The summed E-state index contributed by atoms with van der Waals surface area (Å²) in [5, 5.41) is 0. The van der Waals surface area contributed by atoms with Crippen LogP contribution < -0.4 is 4.90 Å². The van der Waals surface area contributed by atoms with Crippen molar-refractivity contribution in [2.24, 2.45) is 5.92 Å². The third-order valence-corrected chi connectivity index (χ3v) is 5.64. The number of anilines is 1. The van der Waals surface area contributed by atoms with Crippen molar-refractivity contribution in [3.05, 3.63) is 35.4 Å². The Hall–Kier alpha value is -2.43. The summed E-state index contributed by atoms with van der Waals surface area (Å²) in [7, 11) is 1.49. The van der Waals surface area contributed by atoms with Gasteiger partial charge in [0.15, 0.2) is 0 Å². The summed E-state index contributed by atoms with van der Waals surface area (Å²) in [4.78, 5) is 40.4. The lowest BCUT2D eigenvalue weighted by Crippen LogP contribution is -2.36. The fourth-order valence-corrected chi connectivity index (χ4v) is 4.22. The molecular formula is C20H22N2O3. The number of hydrogen-bond acceptors (Lipinski definition) is 3. The lowest BCUT2D eigenvalue weighted by molar-refractivity contribution is -0.134. The summed E-state index contributed by atoms with van der Waals surface area (Å²) in [5.41, 5.74) is 3.02. The molecule has 1 fully saturated rings. The molecule has 5 nitrogen and oxygen atoms in total. The average Bonchev–Trinajstić information content (AvgIpc) is 3.19. The van der Waals surface area contributed by atoms with E-state index in [0.717, 1.165) is 48.3 Å². The molecule has 1 aliphatic carbocycles. The first kappa shape index (κ1) is 16.1. The van der Waals surface area contributed by atoms with E-state index in [1.165, 1.54) is 19.5 Å². The van der Waals surface area contributed by atoms with E-state index in [1.807, 2.05) is 23.1 Å². The molecule has 2 heterocycles. The highest BCUT2D eigenvalue weighted by atomic mass is 16.2. The number of carbonyl (C=O) groups is 3. The maximum atomic E-state index is 13.1. The first-order valence-electron chi connectivity index (χ1n) is 9.05. The van der Waals surface area contributed by atoms with Gasteiger partial charge in [0.1, 0.15) is 0 Å². The lowest BCUT2D eigenvalue weighted by atomic mass is 9.88. The molecule has 2 aliphatic heterocycles. The van der Waals surface area contributed by atoms with Gasteiger partial charge in [0.25, 0.3) is 11.8 Å². The smallest absolute Gasteiger partial charge is 0.261 e. The van der Waals surface area contributed by atoms with Crippen LogP contribution in [0.25, 0.3) is 5.57 Å². The van der Waals surface area contributed by atoms with Crippen molar-refractivity contribution in [2.45, 2.75) is 38.5 Å². The van der Waals surface area contributed by atoms with Crippen LogP contribution in [0, 0.1) is 5.92 Å². The number of fused-ring (bicyclic) bond motifs is 1. The van der Waals surface area contributed by atoms with Gasteiger partial charge in [0, 0.05) is 31.1 Å². The molecule has 3 amide bonds. The number of carbonyl (C=O) groups excluding carboxylic acids is 3. The second kappa shape index (κ2) is 6.14. The lowest BCUT2D eigenvalue weighted by Gasteiger charge is -2.28. The minimum Gasteiger partial charge on any atom is -0.311 e. The van der Waals surface area contributed by atoms with Gasteiger partial charge in [-0.05, 0) is 24.8 Å². The Bertz CT molecular complexity index is 790. The van der Waals surface area contributed by atoms with Crippen LogP contribution in [0.4, 0.5) is 5.69 Å². The first-order chi connectivity index (χ1) is 12.1.